The third kappa shape index (κ3) is 4.30. The normalized spacial score (nSPS) is 14.7. The molecule has 0 spiro atoms. The summed E-state index contributed by atoms with van der Waals surface area (Å²) in [6, 6.07) is 19.2. The van der Waals surface area contributed by atoms with Crippen LogP contribution in [0.25, 0.3) is 11.4 Å². The first-order valence-corrected chi connectivity index (χ1v) is 11.6. The molecule has 9 nitrogen and oxygen atoms in total. The second-order valence-corrected chi connectivity index (χ2v) is 8.87. The number of nitro benzene ring substituents is 1. The van der Waals surface area contributed by atoms with Crippen LogP contribution in [0, 0.1) is 10.1 Å². The zero-order valence-corrected chi connectivity index (χ0v) is 20.3. The molecule has 0 saturated carbocycles. The first kappa shape index (κ1) is 23.5. The second kappa shape index (κ2) is 9.44. The Morgan fingerprint density at radius 2 is 1.81 bits per heavy atom. The summed E-state index contributed by atoms with van der Waals surface area (Å²) in [4.78, 5) is 29.6. The maximum Gasteiger partial charge on any atom is 0.275 e. The summed E-state index contributed by atoms with van der Waals surface area (Å²) in [6.07, 6.45) is 0. The Morgan fingerprint density at radius 3 is 2.53 bits per heavy atom. The number of carbonyl (C=O) groups is 1. The fraction of sp³-hybridized carbons (Fsp3) is 0.0800. The Morgan fingerprint density at radius 1 is 1.08 bits per heavy atom. The van der Waals surface area contributed by atoms with Crippen LogP contribution in [0.2, 0.25) is 10.0 Å². The maximum atomic E-state index is 13.5. The van der Waals surface area contributed by atoms with E-state index in [0.29, 0.717) is 38.5 Å². The van der Waals surface area contributed by atoms with E-state index in [0.717, 1.165) is 0 Å². The van der Waals surface area contributed by atoms with Gasteiger partial charge in [0.15, 0.2) is 5.82 Å². The topological polar surface area (TPSA) is 115 Å². The highest BCUT2D eigenvalue weighted by Gasteiger charge is 2.38. The lowest BCUT2D eigenvalue weighted by molar-refractivity contribution is -0.385. The Kier molecular flexibility index (Phi) is 6.17. The minimum absolute atomic E-state index is 0.144. The highest BCUT2D eigenvalue weighted by molar-refractivity contribution is 6.36. The predicted octanol–water partition coefficient (Wildman–Crippen LogP) is 6.09. The van der Waals surface area contributed by atoms with Gasteiger partial charge in [-0.15, -0.1) is 5.10 Å². The van der Waals surface area contributed by atoms with Crippen LogP contribution in [-0.2, 0) is 4.79 Å². The molecule has 2 heterocycles. The van der Waals surface area contributed by atoms with E-state index < -0.39 is 16.9 Å². The van der Waals surface area contributed by atoms with Gasteiger partial charge in [0.25, 0.3) is 11.6 Å². The van der Waals surface area contributed by atoms with Crippen LogP contribution in [0.3, 0.4) is 0 Å². The van der Waals surface area contributed by atoms with Gasteiger partial charge in [-0.25, -0.2) is 4.68 Å². The van der Waals surface area contributed by atoms with Gasteiger partial charge in [-0.05, 0) is 43.3 Å². The van der Waals surface area contributed by atoms with Crippen molar-refractivity contribution in [2.75, 3.05) is 10.6 Å². The monoisotopic (exact) mass is 520 g/mol. The molecule has 0 saturated heterocycles. The molecule has 1 amide bonds. The van der Waals surface area contributed by atoms with E-state index in [1.165, 1.54) is 10.7 Å². The molecule has 1 aromatic heterocycles. The average molecular weight is 521 g/mol. The molecule has 3 aromatic carbocycles. The molecule has 0 bridgehead atoms. The molecule has 2 N–H and O–H groups in total. The van der Waals surface area contributed by atoms with Crippen LogP contribution in [0.1, 0.15) is 18.5 Å². The quantitative estimate of drug-likeness (QED) is 0.243. The number of carbonyl (C=O) groups excluding carboxylic acids is 1. The van der Waals surface area contributed by atoms with Crippen molar-refractivity contribution >= 4 is 46.4 Å². The first-order chi connectivity index (χ1) is 17.3. The van der Waals surface area contributed by atoms with Crippen molar-refractivity contribution in [2.45, 2.75) is 13.0 Å². The molecule has 180 valence electrons. The lowest BCUT2D eigenvalue weighted by Crippen LogP contribution is -2.31. The molecule has 1 unspecified atom stereocenters. The summed E-state index contributed by atoms with van der Waals surface area (Å²) in [7, 11) is 0. The highest BCUT2D eigenvalue weighted by atomic mass is 35.5. The average Bonchev–Trinajstić information content (AvgIpc) is 3.26. The van der Waals surface area contributed by atoms with Crippen molar-refractivity contribution in [1.82, 2.24) is 14.8 Å². The van der Waals surface area contributed by atoms with E-state index in [1.807, 2.05) is 6.07 Å². The van der Waals surface area contributed by atoms with E-state index >= 15 is 0 Å². The summed E-state index contributed by atoms with van der Waals surface area (Å²) in [6.45, 7) is 1.72. The lowest BCUT2D eigenvalue weighted by atomic mass is 9.93. The van der Waals surface area contributed by atoms with Gasteiger partial charge in [-0.3, -0.25) is 14.9 Å². The number of benzene rings is 3. The minimum Gasteiger partial charge on any atom is -0.328 e. The van der Waals surface area contributed by atoms with Crippen molar-refractivity contribution in [3.8, 4) is 11.4 Å². The Balaban J connectivity index is 1.67. The van der Waals surface area contributed by atoms with Gasteiger partial charge < -0.3 is 10.6 Å². The molecule has 4 aromatic rings. The standard InChI is InChI=1S/C25H18Cl2N6O3/c1-14-21(24(34)29-16-7-3-2-4-8-16)22(18-9-5-6-10-20(18)33(35)36)32-25(28-14)30-23(31-32)17-12-11-15(26)13-19(17)27/h2-13,22H,1H3,(H,29,34)(H,28,30,31). The molecule has 5 rings (SSSR count). The molecular formula is C25H18Cl2N6O3. The number of amides is 1. The Labute approximate surface area is 215 Å². The summed E-state index contributed by atoms with van der Waals surface area (Å²) in [5.41, 5.74) is 2.01. The molecule has 0 fully saturated rings. The van der Waals surface area contributed by atoms with Gasteiger partial charge >= 0.3 is 0 Å². The van der Waals surface area contributed by atoms with E-state index in [4.69, 9.17) is 23.2 Å². The molecular weight excluding hydrogens is 503 g/mol. The SMILES string of the molecule is CC1=C(C(=O)Nc2ccccc2)C(c2ccccc2[N+](=O)[O-])n2nc(-c3ccc(Cl)cc3Cl)nc2N1. The third-order valence-electron chi connectivity index (χ3n) is 5.73. The number of halogens is 2. The number of nitrogens with one attached hydrogen (secondary N) is 2. The van der Waals surface area contributed by atoms with Crippen molar-refractivity contribution in [2.24, 2.45) is 0 Å². The summed E-state index contributed by atoms with van der Waals surface area (Å²) in [5, 5.41) is 23.3. The predicted molar refractivity (Wildman–Crippen MR) is 138 cm³/mol. The molecule has 1 aliphatic heterocycles. The Bertz CT molecular complexity index is 1530. The van der Waals surface area contributed by atoms with E-state index in [1.54, 1.807) is 67.6 Å². The Hall–Kier alpha value is -4.21. The largest absolute Gasteiger partial charge is 0.328 e. The van der Waals surface area contributed by atoms with Gasteiger partial charge in [-0.1, -0.05) is 53.5 Å². The molecule has 1 aliphatic rings. The number of nitro groups is 1. The van der Waals surface area contributed by atoms with Gasteiger partial charge in [-0.2, -0.15) is 4.98 Å². The second-order valence-electron chi connectivity index (χ2n) is 8.03. The number of aromatic nitrogens is 3. The van der Waals surface area contributed by atoms with Crippen LogP contribution in [-0.4, -0.2) is 25.6 Å². The van der Waals surface area contributed by atoms with E-state index in [-0.39, 0.29) is 17.1 Å². The number of anilines is 2. The van der Waals surface area contributed by atoms with Crippen LogP contribution in [0.15, 0.2) is 84.1 Å². The molecule has 0 radical (unpaired) electrons. The van der Waals surface area contributed by atoms with Crippen LogP contribution in [0.4, 0.5) is 17.3 Å². The van der Waals surface area contributed by atoms with E-state index in [9.17, 15) is 14.9 Å². The van der Waals surface area contributed by atoms with Crippen molar-refractivity contribution in [1.29, 1.82) is 0 Å². The molecule has 11 heteroatoms. The fourth-order valence-corrected chi connectivity index (χ4v) is 4.62. The van der Waals surface area contributed by atoms with E-state index in [2.05, 4.69) is 20.7 Å². The minimum atomic E-state index is -0.932. The number of hydrogen-bond acceptors (Lipinski definition) is 6. The summed E-state index contributed by atoms with van der Waals surface area (Å²) in [5.74, 6) is 0.162. The number of rotatable bonds is 5. The van der Waals surface area contributed by atoms with Gasteiger partial charge in [0, 0.05) is 28.0 Å². The fourth-order valence-electron chi connectivity index (χ4n) is 4.12. The molecule has 1 atom stereocenters. The van der Waals surface area contributed by atoms with Crippen molar-refractivity contribution in [3.63, 3.8) is 0 Å². The maximum absolute atomic E-state index is 13.5. The van der Waals surface area contributed by atoms with Crippen molar-refractivity contribution in [3.05, 3.63) is 110 Å². The smallest absolute Gasteiger partial charge is 0.275 e. The van der Waals surface area contributed by atoms with Crippen molar-refractivity contribution < 1.29 is 9.72 Å². The van der Waals surface area contributed by atoms with Gasteiger partial charge in [0.1, 0.15) is 6.04 Å². The zero-order valence-electron chi connectivity index (χ0n) is 18.8. The number of nitrogens with zero attached hydrogens (tertiary/aromatic N) is 4. The number of fused-ring (bicyclic) bond motifs is 1. The number of para-hydroxylation sites is 2. The van der Waals surface area contributed by atoms with Crippen LogP contribution >= 0.6 is 23.2 Å². The zero-order chi connectivity index (χ0) is 25.4. The van der Waals surface area contributed by atoms with Gasteiger partial charge in [0.05, 0.1) is 21.1 Å². The van der Waals surface area contributed by atoms with Crippen LogP contribution < -0.4 is 10.6 Å². The van der Waals surface area contributed by atoms with Crippen LogP contribution in [0.5, 0.6) is 0 Å². The number of hydrogen-bond donors (Lipinski definition) is 2. The summed E-state index contributed by atoms with van der Waals surface area (Å²) >= 11 is 12.4. The first-order valence-electron chi connectivity index (χ1n) is 10.8. The number of allylic oxidation sites excluding steroid dienone is 1. The summed E-state index contributed by atoms with van der Waals surface area (Å²) < 4.78 is 1.47. The molecule has 36 heavy (non-hydrogen) atoms. The highest BCUT2D eigenvalue weighted by Crippen LogP contribution is 2.40. The third-order valence-corrected chi connectivity index (χ3v) is 6.28. The lowest BCUT2D eigenvalue weighted by Gasteiger charge is -2.28. The molecule has 0 aliphatic carbocycles. The van der Waals surface area contributed by atoms with Gasteiger partial charge in [0.2, 0.25) is 5.95 Å².